The summed E-state index contributed by atoms with van der Waals surface area (Å²) in [6, 6.07) is 9.00. The standard InChI is InChI=1S/C19H30N2O/c1-14-9-8-10-15(2)21(14)18(22)13-20-17-12-7-6-11-16(17)19(3,4)5/h6-7,11-12,14-15,20H,8-10,13H2,1-5H3. The summed E-state index contributed by atoms with van der Waals surface area (Å²) in [6.45, 7) is 11.3. The molecule has 1 aromatic carbocycles. The summed E-state index contributed by atoms with van der Waals surface area (Å²) in [6.07, 6.45) is 3.47. The van der Waals surface area contributed by atoms with Crippen molar-refractivity contribution in [1.29, 1.82) is 0 Å². The normalized spacial score (nSPS) is 22.5. The fraction of sp³-hybridized carbons (Fsp3) is 0.632. The van der Waals surface area contributed by atoms with Gasteiger partial charge in [-0.2, -0.15) is 0 Å². The Kier molecular flexibility index (Phi) is 5.15. The number of amides is 1. The van der Waals surface area contributed by atoms with Gasteiger partial charge in [-0.25, -0.2) is 0 Å². The topological polar surface area (TPSA) is 32.3 Å². The van der Waals surface area contributed by atoms with Crippen LogP contribution in [0.1, 0.15) is 59.4 Å². The Morgan fingerprint density at radius 3 is 2.36 bits per heavy atom. The second kappa shape index (κ2) is 6.72. The minimum absolute atomic E-state index is 0.0678. The van der Waals surface area contributed by atoms with Gasteiger partial charge in [-0.05, 0) is 50.2 Å². The molecule has 0 aliphatic carbocycles. The van der Waals surface area contributed by atoms with Gasteiger partial charge in [-0.3, -0.25) is 4.79 Å². The summed E-state index contributed by atoms with van der Waals surface area (Å²) in [4.78, 5) is 14.7. The van der Waals surface area contributed by atoms with Crippen molar-refractivity contribution in [3.05, 3.63) is 29.8 Å². The monoisotopic (exact) mass is 302 g/mol. The quantitative estimate of drug-likeness (QED) is 0.908. The molecule has 1 heterocycles. The Labute approximate surface area is 135 Å². The van der Waals surface area contributed by atoms with E-state index < -0.39 is 0 Å². The van der Waals surface area contributed by atoms with Gasteiger partial charge in [0.1, 0.15) is 0 Å². The zero-order valence-electron chi connectivity index (χ0n) is 14.6. The van der Waals surface area contributed by atoms with E-state index in [2.05, 4.69) is 63.0 Å². The van der Waals surface area contributed by atoms with Crippen LogP contribution in [0.4, 0.5) is 5.69 Å². The highest BCUT2D eigenvalue weighted by Crippen LogP contribution is 2.29. The maximum absolute atomic E-state index is 12.6. The van der Waals surface area contributed by atoms with Crippen molar-refractivity contribution in [2.75, 3.05) is 11.9 Å². The summed E-state index contributed by atoms with van der Waals surface area (Å²) in [7, 11) is 0. The van der Waals surface area contributed by atoms with Crippen molar-refractivity contribution >= 4 is 11.6 Å². The summed E-state index contributed by atoms with van der Waals surface area (Å²) >= 11 is 0. The number of hydrogen-bond acceptors (Lipinski definition) is 2. The maximum atomic E-state index is 12.6. The molecule has 0 radical (unpaired) electrons. The molecular formula is C19H30N2O. The highest BCUT2D eigenvalue weighted by Gasteiger charge is 2.28. The molecule has 3 heteroatoms. The smallest absolute Gasteiger partial charge is 0.242 e. The van der Waals surface area contributed by atoms with Crippen LogP contribution >= 0.6 is 0 Å². The molecule has 1 aliphatic rings. The molecule has 22 heavy (non-hydrogen) atoms. The molecule has 2 unspecified atom stereocenters. The first-order chi connectivity index (χ1) is 10.3. The molecule has 1 aromatic rings. The second-order valence-corrected chi connectivity index (χ2v) is 7.58. The molecule has 1 saturated heterocycles. The minimum Gasteiger partial charge on any atom is -0.376 e. The second-order valence-electron chi connectivity index (χ2n) is 7.58. The lowest BCUT2D eigenvalue weighted by Gasteiger charge is -2.39. The van der Waals surface area contributed by atoms with Crippen molar-refractivity contribution in [2.45, 2.75) is 71.4 Å². The van der Waals surface area contributed by atoms with Gasteiger partial charge in [-0.1, -0.05) is 39.0 Å². The van der Waals surface area contributed by atoms with Gasteiger partial charge in [0, 0.05) is 17.8 Å². The lowest BCUT2D eigenvalue weighted by atomic mass is 9.86. The molecule has 0 bridgehead atoms. The van der Waals surface area contributed by atoms with E-state index in [4.69, 9.17) is 0 Å². The first-order valence-corrected chi connectivity index (χ1v) is 8.45. The third kappa shape index (κ3) is 3.82. The average molecular weight is 302 g/mol. The fourth-order valence-electron chi connectivity index (χ4n) is 3.47. The number of carbonyl (C=O) groups excluding carboxylic acids is 1. The van der Waals surface area contributed by atoms with Crippen LogP contribution in [0.3, 0.4) is 0 Å². The molecule has 2 atom stereocenters. The minimum atomic E-state index is 0.0678. The number of anilines is 1. The molecule has 1 fully saturated rings. The molecule has 1 N–H and O–H groups in total. The predicted molar refractivity (Wildman–Crippen MR) is 93.3 cm³/mol. The van der Waals surface area contributed by atoms with Crippen LogP contribution in [0.15, 0.2) is 24.3 Å². The van der Waals surface area contributed by atoms with Gasteiger partial charge in [-0.15, -0.1) is 0 Å². The molecule has 0 aromatic heterocycles. The number of hydrogen-bond donors (Lipinski definition) is 1. The number of nitrogens with zero attached hydrogens (tertiary/aromatic N) is 1. The average Bonchev–Trinajstić information content (AvgIpc) is 2.44. The number of rotatable bonds is 3. The Balaban J connectivity index is 2.05. The van der Waals surface area contributed by atoms with E-state index in [1.165, 1.54) is 12.0 Å². The molecule has 1 aliphatic heterocycles. The van der Waals surface area contributed by atoms with E-state index in [-0.39, 0.29) is 11.3 Å². The third-order valence-corrected chi connectivity index (χ3v) is 4.65. The van der Waals surface area contributed by atoms with Gasteiger partial charge in [0.2, 0.25) is 5.91 Å². The fourth-order valence-corrected chi connectivity index (χ4v) is 3.47. The lowest BCUT2D eigenvalue weighted by molar-refractivity contribution is -0.135. The van der Waals surface area contributed by atoms with E-state index >= 15 is 0 Å². The Hall–Kier alpha value is -1.51. The SMILES string of the molecule is CC1CCCC(C)N1C(=O)CNc1ccccc1C(C)(C)C. The van der Waals surface area contributed by atoms with Crippen LogP contribution in [0.2, 0.25) is 0 Å². The number of carbonyl (C=O) groups is 1. The Bertz CT molecular complexity index is 508. The van der Waals surface area contributed by atoms with E-state index in [0.29, 0.717) is 18.6 Å². The van der Waals surface area contributed by atoms with Crippen LogP contribution in [0.25, 0.3) is 0 Å². The van der Waals surface area contributed by atoms with Crippen LogP contribution < -0.4 is 5.32 Å². The molecule has 2 rings (SSSR count). The largest absolute Gasteiger partial charge is 0.376 e. The van der Waals surface area contributed by atoms with E-state index in [1.807, 2.05) is 6.07 Å². The van der Waals surface area contributed by atoms with Crippen molar-refractivity contribution in [1.82, 2.24) is 4.90 Å². The zero-order chi connectivity index (χ0) is 16.3. The maximum Gasteiger partial charge on any atom is 0.242 e. The first kappa shape index (κ1) is 16.9. The van der Waals surface area contributed by atoms with Crippen LogP contribution in [-0.4, -0.2) is 29.4 Å². The Morgan fingerprint density at radius 2 is 1.77 bits per heavy atom. The summed E-state index contributed by atoms with van der Waals surface area (Å²) in [5.41, 5.74) is 2.39. The van der Waals surface area contributed by atoms with Gasteiger partial charge in [0.05, 0.1) is 6.54 Å². The van der Waals surface area contributed by atoms with E-state index in [0.717, 1.165) is 18.5 Å². The molecule has 3 nitrogen and oxygen atoms in total. The highest BCUT2D eigenvalue weighted by atomic mass is 16.2. The first-order valence-electron chi connectivity index (χ1n) is 8.45. The van der Waals surface area contributed by atoms with E-state index in [9.17, 15) is 4.79 Å². The molecule has 0 spiro atoms. The number of nitrogens with one attached hydrogen (secondary N) is 1. The number of piperidine rings is 1. The van der Waals surface area contributed by atoms with Gasteiger partial charge >= 0.3 is 0 Å². The van der Waals surface area contributed by atoms with E-state index in [1.54, 1.807) is 0 Å². The third-order valence-electron chi connectivity index (χ3n) is 4.65. The molecule has 0 saturated carbocycles. The highest BCUT2D eigenvalue weighted by molar-refractivity contribution is 5.82. The van der Waals surface area contributed by atoms with Crippen LogP contribution in [-0.2, 0) is 10.2 Å². The van der Waals surface area contributed by atoms with Gasteiger partial charge < -0.3 is 10.2 Å². The Morgan fingerprint density at radius 1 is 1.18 bits per heavy atom. The van der Waals surface area contributed by atoms with Crippen molar-refractivity contribution < 1.29 is 4.79 Å². The van der Waals surface area contributed by atoms with Crippen molar-refractivity contribution in [3.63, 3.8) is 0 Å². The van der Waals surface area contributed by atoms with Crippen molar-refractivity contribution in [3.8, 4) is 0 Å². The summed E-state index contributed by atoms with van der Waals surface area (Å²) in [5.74, 6) is 0.211. The van der Waals surface area contributed by atoms with Crippen LogP contribution in [0, 0.1) is 0 Å². The van der Waals surface area contributed by atoms with Gasteiger partial charge in [0.25, 0.3) is 0 Å². The number of para-hydroxylation sites is 1. The summed E-state index contributed by atoms with van der Waals surface area (Å²) in [5, 5.41) is 3.37. The molecular weight excluding hydrogens is 272 g/mol. The lowest BCUT2D eigenvalue weighted by Crippen LogP contribution is -2.49. The van der Waals surface area contributed by atoms with Crippen LogP contribution in [0.5, 0.6) is 0 Å². The summed E-state index contributed by atoms with van der Waals surface area (Å²) < 4.78 is 0. The predicted octanol–water partition coefficient (Wildman–Crippen LogP) is 4.19. The number of benzene rings is 1. The number of likely N-dealkylation sites (tertiary alicyclic amines) is 1. The molecule has 1 amide bonds. The van der Waals surface area contributed by atoms with Crippen molar-refractivity contribution in [2.24, 2.45) is 0 Å². The zero-order valence-corrected chi connectivity index (χ0v) is 14.6. The van der Waals surface area contributed by atoms with Gasteiger partial charge in [0.15, 0.2) is 0 Å². The molecule has 122 valence electrons.